The molecule has 5 heteroatoms. The van der Waals surface area contributed by atoms with Gasteiger partial charge >= 0.3 is 0 Å². The zero-order chi connectivity index (χ0) is 15.8. The summed E-state index contributed by atoms with van der Waals surface area (Å²) in [7, 11) is 0. The summed E-state index contributed by atoms with van der Waals surface area (Å²) in [5.74, 6) is 0. The zero-order valence-electron chi connectivity index (χ0n) is 12.4. The van der Waals surface area contributed by atoms with E-state index in [-0.39, 0.29) is 5.28 Å². The maximum Gasteiger partial charge on any atom is 0.222 e. The van der Waals surface area contributed by atoms with E-state index in [9.17, 15) is 0 Å². The SMILES string of the molecule is Cc1ccc2c(-c3ccnc(Cl)n3)c(-c3ccccc3)nn2c1. The van der Waals surface area contributed by atoms with Crippen LogP contribution in [0.25, 0.3) is 28.0 Å². The van der Waals surface area contributed by atoms with Crippen LogP contribution in [0.15, 0.2) is 60.9 Å². The van der Waals surface area contributed by atoms with Gasteiger partial charge in [-0.25, -0.2) is 14.5 Å². The van der Waals surface area contributed by atoms with E-state index in [0.717, 1.165) is 33.6 Å². The van der Waals surface area contributed by atoms with Crippen molar-refractivity contribution >= 4 is 17.1 Å². The van der Waals surface area contributed by atoms with E-state index in [1.165, 1.54) is 0 Å². The summed E-state index contributed by atoms with van der Waals surface area (Å²) in [6.45, 7) is 2.05. The number of nitrogens with zero attached hydrogens (tertiary/aromatic N) is 4. The summed E-state index contributed by atoms with van der Waals surface area (Å²) in [5.41, 5.74) is 5.78. The van der Waals surface area contributed by atoms with E-state index in [2.05, 4.69) is 22.1 Å². The number of hydrogen-bond acceptors (Lipinski definition) is 3. The molecule has 112 valence electrons. The van der Waals surface area contributed by atoms with Crippen molar-refractivity contribution in [3.63, 3.8) is 0 Å². The third-order valence-electron chi connectivity index (χ3n) is 3.71. The van der Waals surface area contributed by atoms with E-state index in [1.807, 2.05) is 54.0 Å². The van der Waals surface area contributed by atoms with Crippen LogP contribution in [0, 0.1) is 6.92 Å². The molecule has 23 heavy (non-hydrogen) atoms. The van der Waals surface area contributed by atoms with Gasteiger partial charge in [-0.15, -0.1) is 0 Å². The number of halogens is 1. The van der Waals surface area contributed by atoms with Crippen molar-refractivity contribution in [2.75, 3.05) is 0 Å². The first kappa shape index (κ1) is 13.9. The van der Waals surface area contributed by atoms with Crippen molar-refractivity contribution in [1.82, 2.24) is 19.6 Å². The van der Waals surface area contributed by atoms with Crippen LogP contribution >= 0.6 is 11.6 Å². The quantitative estimate of drug-likeness (QED) is 0.513. The van der Waals surface area contributed by atoms with E-state index >= 15 is 0 Å². The molecular weight excluding hydrogens is 308 g/mol. The van der Waals surface area contributed by atoms with E-state index in [4.69, 9.17) is 16.7 Å². The molecule has 4 rings (SSSR count). The van der Waals surface area contributed by atoms with Gasteiger partial charge in [-0.3, -0.25) is 0 Å². The van der Waals surface area contributed by atoms with Gasteiger partial charge < -0.3 is 0 Å². The summed E-state index contributed by atoms with van der Waals surface area (Å²) in [4.78, 5) is 8.35. The predicted molar refractivity (Wildman–Crippen MR) is 91.4 cm³/mol. The van der Waals surface area contributed by atoms with Crippen molar-refractivity contribution in [2.24, 2.45) is 0 Å². The lowest BCUT2D eigenvalue weighted by molar-refractivity contribution is 0.956. The summed E-state index contributed by atoms with van der Waals surface area (Å²) in [6, 6.07) is 16.1. The van der Waals surface area contributed by atoms with Gasteiger partial charge in [-0.2, -0.15) is 5.10 Å². The lowest BCUT2D eigenvalue weighted by Gasteiger charge is -2.03. The average molecular weight is 321 g/mol. The molecule has 0 unspecified atom stereocenters. The van der Waals surface area contributed by atoms with Crippen LogP contribution in [0.1, 0.15) is 5.56 Å². The molecule has 0 fully saturated rings. The van der Waals surface area contributed by atoms with E-state index in [0.29, 0.717) is 0 Å². The Balaban J connectivity index is 2.07. The standard InChI is InChI=1S/C18H13ClN4/c1-12-7-8-15-16(14-9-10-20-18(19)21-14)17(22-23(15)11-12)13-5-3-2-4-6-13/h2-11H,1H3. The van der Waals surface area contributed by atoms with E-state index in [1.54, 1.807) is 6.20 Å². The highest BCUT2D eigenvalue weighted by Crippen LogP contribution is 2.34. The Hall–Kier alpha value is -2.72. The predicted octanol–water partition coefficient (Wildman–Crippen LogP) is 4.42. The molecule has 0 aliphatic rings. The number of aryl methyl sites for hydroxylation is 1. The summed E-state index contributed by atoms with van der Waals surface area (Å²) in [5, 5.41) is 4.99. The fraction of sp³-hybridized carbons (Fsp3) is 0.0556. The molecule has 0 radical (unpaired) electrons. The van der Waals surface area contributed by atoms with Crippen molar-refractivity contribution < 1.29 is 0 Å². The number of benzene rings is 1. The van der Waals surface area contributed by atoms with Crippen molar-refractivity contribution in [2.45, 2.75) is 6.92 Å². The molecule has 4 aromatic rings. The molecule has 0 saturated carbocycles. The van der Waals surface area contributed by atoms with Gasteiger partial charge in [0.25, 0.3) is 0 Å². The van der Waals surface area contributed by atoms with Crippen LogP contribution in [0.4, 0.5) is 0 Å². The zero-order valence-corrected chi connectivity index (χ0v) is 13.2. The first-order valence-electron chi connectivity index (χ1n) is 7.26. The third-order valence-corrected chi connectivity index (χ3v) is 3.89. The molecule has 3 heterocycles. The molecule has 0 spiro atoms. The number of aromatic nitrogens is 4. The minimum absolute atomic E-state index is 0.230. The molecule has 0 bridgehead atoms. The van der Waals surface area contributed by atoms with Crippen LogP contribution in [0.2, 0.25) is 5.28 Å². The lowest BCUT2D eigenvalue weighted by atomic mass is 10.0. The molecule has 1 aromatic carbocycles. The van der Waals surface area contributed by atoms with Crippen LogP contribution in [-0.4, -0.2) is 19.6 Å². The molecule has 3 aromatic heterocycles. The van der Waals surface area contributed by atoms with Crippen LogP contribution in [0.5, 0.6) is 0 Å². The van der Waals surface area contributed by atoms with Gasteiger partial charge in [0.2, 0.25) is 5.28 Å². The van der Waals surface area contributed by atoms with Gasteiger partial charge in [0.1, 0.15) is 5.69 Å². The maximum atomic E-state index is 5.99. The van der Waals surface area contributed by atoms with Crippen molar-refractivity contribution in [3.8, 4) is 22.5 Å². The number of fused-ring (bicyclic) bond motifs is 1. The Morgan fingerprint density at radius 1 is 1.00 bits per heavy atom. The Morgan fingerprint density at radius 3 is 2.61 bits per heavy atom. The van der Waals surface area contributed by atoms with Crippen LogP contribution in [-0.2, 0) is 0 Å². The minimum Gasteiger partial charge on any atom is -0.239 e. The molecule has 0 saturated heterocycles. The molecule has 0 aliphatic carbocycles. The normalized spacial score (nSPS) is 11.0. The van der Waals surface area contributed by atoms with Gasteiger partial charge in [0, 0.05) is 18.0 Å². The summed E-state index contributed by atoms with van der Waals surface area (Å²) < 4.78 is 1.89. The topological polar surface area (TPSA) is 43.1 Å². The second kappa shape index (κ2) is 5.48. The van der Waals surface area contributed by atoms with Gasteiger partial charge in [-0.05, 0) is 36.2 Å². The Morgan fingerprint density at radius 2 is 1.83 bits per heavy atom. The third kappa shape index (κ3) is 2.47. The molecule has 0 amide bonds. The fourth-order valence-electron chi connectivity index (χ4n) is 2.68. The summed E-state index contributed by atoms with van der Waals surface area (Å²) >= 11 is 5.99. The largest absolute Gasteiger partial charge is 0.239 e. The molecule has 4 nitrogen and oxygen atoms in total. The fourth-order valence-corrected chi connectivity index (χ4v) is 2.82. The molecular formula is C18H13ClN4. The first-order valence-corrected chi connectivity index (χ1v) is 7.63. The molecule has 0 N–H and O–H groups in total. The van der Waals surface area contributed by atoms with Gasteiger partial charge in [0.15, 0.2) is 0 Å². The van der Waals surface area contributed by atoms with E-state index < -0.39 is 0 Å². The highest BCUT2D eigenvalue weighted by Gasteiger charge is 2.17. The highest BCUT2D eigenvalue weighted by molar-refractivity contribution is 6.28. The van der Waals surface area contributed by atoms with Gasteiger partial charge in [0.05, 0.1) is 16.8 Å². The van der Waals surface area contributed by atoms with Crippen molar-refractivity contribution in [3.05, 3.63) is 71.8 Å². The Kier molecular flexibility index (Phi) is 3.32. The lowest BCUT2D eigenvalue weighted by Crippen LogP contribution is -1.89. The monoisotopic (exact) mass is 320 g/mol. The van der Waals surface area contributed by atoms with Crippen molar-refractivity contribution in [1.29, 1.82) is 0 Å². The number of pyridine rings is 1. The highest BCUT2D eigenvalue weighted by atomic mass is 35.5. The average Bonchev–Trinajstić information content (AvgIpc) is 2.94. The second-order valence-electron chi connectivity index (χ2n) is 5.34. The smallest absolute Gasteiger partial charge is 0.222 e. The Bertz CT molecular complexity index is 993. The maximum absolute atomic E-state index is 5.99. The molecule has 0 atom stereocenters. The minimum atomic E-state index is 0.230. The number of rotatable bonds is 2. The van der Waals surface area contributed by atoms with Crippen LogP contribution in [0.3, 0.4) is 0 Å². The molecule has 0 aliphatic heterocycles. The number of hydrogen-bond donors (Lipinski definition) is 0. The Labute approximate surface area is 138 Å². The first-order chi connectivity index (χ1) is 11.2. The summed E-state index contributed by atoms with van der Waals surface area (Å²) in [6.07, 6.45) is 3.67. The van der Waals surface area contributed by atoms with Gasteiger partial charge in [-0.1, -0.05) is 36.4 Å². The second-order valence-corrected chi connectivity index (χ2v) is 5.67. The van der Waals surface area contributed by atoms with Crippen LogP contribution < -0.4 is 0 Å².